The number of halogens is 1. The Morgan fingerprint density at radius 1 is 1.12 bits per heavy atom. The van der Waals surface area contributed by atoms with Crippen molar-refractivity contribution in [3.8, 4) is 0 Å². The van der Waals surface area contributed by atoms with E-state index < -0.39 is 0 Å². The summed E-state index contributed by atoms with van der Waals surface area (Å²) >= 11 is 0. The fourth-order valence-electron chi connectivity index (χ4n) is 3.04. The second-order valence-electron chi connectivity index (χ2n) is 6.32. The summed E-state index contributed by atoms with van der Waals surface area (Å²) in [6.45, 7) is 5.15. The first-order valence-corrected chi connectivity index (χ1v) is 8.39. The van der Waals surface area contributed by atoms with E-state index in [9.17, 15) is 14.0 Å². The van der Waals surface area contributed by atoms with Crippen LogP contribution in [0.5, 0.6) is 0 Å². The fourth-order valence-corrected chi connectivity index (χ4v) is 3.04. The third-order valence-corrected chi connectivity index (χ3v) is 4.30. The maximum atomic E-state index is 13.0. The normalized spacial score (nSPS) is 15.8. The number of carbonyl (C=O) groups is 1. The SMILES string of the molecule is Cc1cc(=O)cc(C(=O)N2CCCN(Cc3ccc(F)cc3)CC2)o1. The smallest absolute Gasteiger partial charge is 0.289 e. The number of carbonyl (C=O) groups excluding carboxylic acids is 1. The zero-order valence-electron chi connectivity index (χ0n) is 14.2. The molecular weight excluding hydrogens is 323 g/mol. The van der Waals surface area contributed by atoms with Gasteiger partial charge in [-0.3, -0.25) is 14.5 Å². The van der Waals surface area contributed by atoms with Crippen LogP contribution in [-0.2, 0) is 6.54 Å². The Labute approximate surface area is 145 Å². The van der Waals surface area contributed by atoms with E-state index in [1.165, 1.54) is 24.3 Å². The molecule has 0 N–H and O–H groups in total. The van der Waals surface area contributed by atoms with Crippen molar-refractivity contribution in [2.24, 2.45) is 0 Å². The number of amides is 1. The van der Waals surface area contributed by atoms with E-state index in [2.05, 4.69) is 4.90 Å². The van der Waals surface area contributed by atoms with Gasteiger partial charge in [-0.1, -0.05) is 12.1 Å². The molecule has 1 amide bonds. The van der Waals surface area contributed by atoms with Crippen LogP contribution in [0.3, 0.4) is 0 Å². The number of benzene rings is 1. The van der Waals surface area contributed by atoms with E-state index in [-0.39, 0.29) is 22.9 Å². The van der Waals surface area contributed by atoms with Crippen molar-refractivity contribution in [3.05, 3.63) is 69.5 Å². The average molecular weight is 344 g/mol. The predicted molar refractivity (Wildman–Crippen MR) is 91.9 cm³/mol. The van der Waals surface area contributed by atoms with Gasteiger partial charge in [0.25, 0.3) is 5.91 Å². The molecule has 0 unspecified atom stereocenters. The molecule has 0 bridgehead atoms. The molecule has 1 aliphatic heterocycles. The molecule has 1 aromatic carbocycles. The Balaban J connectivity index is 1.63. The van der Waals surface area contributed by atoms with Gasteiger partial charge < -0.3 is 9.32 Å². The van der Waals surface area contributed by atoms with Crippen LogP contribution in [0.25, 0.3) is 0 Å². The van der Waals surface area contributed by atoms with Crippen molar-refractivity contribution < 1.29 is 13.6 Å². The summed E-state index contributed by atoms with van der Waals surface area (Å²) < 4.78 is 18.4. The minimum Gasteiger partial charge on any atom is -0.456 e. The first kappa shape index (κ1) is 17.4. The van der Waals surface area contributed by atoms with Gasteiger partial charge in [0.05, 0.1) is 0 Å². The molecule has 2 aromatic rings. The Morgan fingerprint density at radius 2 is 1.88 bits per heavy atom. The Kier molecular flexibility index (Phi) is 5.28. The third-order valence-electron chi connectivity index (χ3n) is 4.30. The molecule has 5 nitrogen and oxygen atoms in total. The van der Waals surface area contributed by atoms with Gasteiger partial charge in [-0.2, -0.15) is 0 Å². The van der Waals surface area contributed by atoms with E-state index in [0.29, 0.717) is 18.8 Å². The average Bonchev–Trinajstić information content (AvgIpc) is 2.81. The topological polar surface area (TPSA) is 53.8 Å². The molecule has 0 radical (unpaired) electrons. The quantitative estimate of drug-likeness (QED) is 0.858. The Bertz CT molecular complexity index is 801. The summed E-state index contributed by atoms with van der Waals surface area (Å²) in [7, 11) is 0. The molecule has 25 heavy (non-hydrogen) atoms. The van der Waals surface area contributed by atoms with Gasteiger partial charge in [-0.15, -0.1) is 0 Å². The molecule has 1 fully saturated rings. The highest BCUT2D eigenvalue weighted by Gasteiger charge is 2.22. The van der Waals surface area contributed by atoms with Gasteiger partial charge in [-0.25, -0.2) is 4.39 Å². The summed E-state index contributed by atoms with van der Waals surface area (Å²) in [5.41, 5.74) is 0.825. The van der Waals surface area contributed by atoms with Crippen molar-refractivity contribution >= 4 is 5.91 Å². The highest BCUT2D eigenvalue weighted by atomic mass is 19.1. The van der Waals surface area contributed by atoms with Crippen molar-refractivity contribution in [2.75, 3.05) is 26.2 Å². The highest BCUT2D eigenvalue weighted by molar-refractivity contribution is 5.91. The van der Waals surface area contributed by atoms with E-state index in [4.69, 9.17) is 4.42 Å². The number of hydrogen-bond acceptors (Lipinski definition) is 4. The summed E-state index contributed by atoms with van der Waals surface area (Å²) in [4.78, 5) is 28.1. The number of aryl methyl sites for hydroxylation is 1. The van der Waals surface area contributed by atoms with Crippen LogP contribution in [0, 0.1) is 12.7 Å². The van der Waals surface area contributed by atoms with Gasteiger partial charge in [-0.05, 0) is 31.0 Å². The van der Waals surface area contributed by atoms with Crippen LogP contribution in [0.2, 0.25) is 0 Å². The molecule has 0 aliphatic carbocycles. The lowest BCUT2D eigenvalue weighted by Crippen LogP contribution is -2.35. The number of rotatable bonds is 3. The van der Waals surface area contributed by atoms with Gasteiger partial charge >= 0.3 is 0 Å². The van der Waals surface area contributed by atoms with Gasteiger partial charge in [0.1, 0.15) is 11.6 Å². The first-order chi connectivity index (χ1) is 12.0. The second kappa shape index (κ2) is 7.61. The van der Waals surface area contributed by atoms with Crippen LogP contribution in [0.4, 0.5) is 4.39 Å². The fraction of sp³-hybridized carbons (Fsp3) is 0.368. The van der Waals surface area contributed by atoms with Crippen molar-refractivity contribution in [3.63, 3.8) is 0 Å². The van der Waals surface area contributed by atoms with Crippen LogP contribution in [0.15, 0.2) is 45.6 Å². The summed E-state index contributed by atoms with van der Waals surface area (Å²) in [5, 5.41) is 0. The molecule has 6 heteroatoms. The highest BCUT2D eigenvalue weighted by Crippen LogP contribution is 2.12. The molecule has 3 rings (SSSR count). The molecular formula is C19H21FN2O3. The zero-order valence-corrected chi connectivity index (χ0v) is 14.2. The molecule has 132 valence electrons. The molecule has 1 saturated heterocycles. The Morgan fingerprint density at radius 3 is 2.60 bits per heavy atom. The molecule has 0 saturated carbocycles. The van der Waals surface area contributed by atoms with E-state index in [1.54, 1.807) is 24.0 Å². The molecule has 1 aliphatic rings. The largest absolute Gasteiger partial charge is 0.456 e. The minimum absolute atomic E-state index is 0.0944. The van der Waals surface area contributed by atoms with Crippen molar-refractivity contribution in [1.82, 2.24) is 9.80 Å². The van der Waals surface area contributed by atoms with Crippen molar-refractivity contribution in [2.45, 2.75) is 19.9 Å². The maximum Gasteiger partial charge on any atom is 0.289 e. The predicted octanol–water partition coefficient (Wildman–Crippen LogP) is 2.44. The summed E-state index contributed by atoms with van der Waals surface area (Å²) in [6, 6.07) is 9.10. The van der Waals surface area contributed by atoms with E-state index in [1.807, 2.05) is 0 Å². The summed E-state index contributed by atoms with van der Waals surface area (Å²) in [6.07, 6.45) is 0.836. The van der Waals surface area contributed by atoms with Crippen LogP contribution in [-0.4, -0.2) is 41.9 Å². The van der Waals surface area contributed by atoms with Crippen molar-refractivity contribution in [1.29, 1.82) is 0 Å². The lowest BCUT2D eigenvalue weighted by Gasteiger charge is -2.21. The van der Waals surface area contributed by atoms with E-state index >= 15 is 0 Å². The molecule has 0 spiro atoms. The van der Waals surface area contributed by atoms with Crippen LogP contribution in [0.1, 0.15) is 28.3 Å². The van der Waals surface area contributed by atoms with E-state index in [0.717, 1.165) is 31.6 Å². The minimum atomic E-state index is -0.246. The monoisotopic (exact) mass is 344 g/mol. The zero-order chi connectivity index (χ0) is 17.8. The number of hydrogen-bond donors (Lipinski definition) is 0. The maximum absolute atomic E-state index is 13.0. The van der Waals surface area contributed by atoms with Crippen LogP contribution < -0.4 is 5.43 Å². The first-order valence-electron chi connectivity index (χ1n) is 8.39. The second-order valence-corrected chi connectivity index (χ2v) is 6.32. The van der Waals surface area contributed by atoms with Gasteiger partial charge in [0.15, 0.2) is 11.2 Å². The lowest BCUT2D eigenvalue weighted by molar-refractivity contribution is 0.0724. The lowest BCUT2D eigenvalue weighted by atomic mass is 10.2. The summed E-state index contributed by atoms with van der Waals surface area (Å²) in [5.74, 6) is 0.0426. The molecule has 0 atom stereocenters. The standard InChI is InChI=1S/C19H21FN2O3/c1-14-11-17(23)12-18(25-14)19(24)22-8-2-7-21(9-10-22)13-15-3-5-16(20)6-4-15/h3-6,11-12H,2,7-10,13H2,1H3. The number of nitrogens with zero attached hydrogens (tertiary/aromatic N) is 2. The molecule has 2 heterocycles. The molecule has 1 aromatic heterocycles. The van der Waals surface area contributed by atoms with Crippen LogP contribution >= 0.6 is 0 Å². The Hall–Kier alpha value is -2.47. The third kappa shape index (κ3) is 4.54. The van der Waals surface area contributed by atoms with Gasteiger partial charge in [0.2, 0.25) is 0 Å². The van der Waals surface area contributed by atoms with Gasteiger partial charge in [0, 0.05) is 44.9 Å².